The van der Waals surface area contributed by atoms with Gasteiger partial charge in [-0.1, -0.05) is 30.0 Å². The number of benzene rings is 1. The number of nitrogens with one attached hydrogen (secondary N) is 1. The topological polar surface area (TPSA) is 33.6 Å². The Balaban J connectivity index is 2.05. The number of methoxy groups -OCH3 is 1. The monoisotopic (exact) mass is 250 g/mol. The molecule has 0 bridgehead atoms. The van der Waals surface area contributed by atoms with E-state index in [-0.39, 0.29) is 0 Å². The molecule has 0 fully saturated rings. The van der Waals surface area contributed by atoms with E-state index in [0.29, 0.717) is 0 Å². The number of thioether (sulfide) groups is 1. The molecule has 0 saturated carbocycles. The second kappa shape index (κ2) is 6.67. The molecule has 0 unspecified atom stereocenters. The maximum atomic E-state index is 5.13. The lowest BCUT2D eigenvalue weighted by molar-refractivity contribution is 0.202. The minimum absolute atomic E-state index is 0.748. The number of ether oxygens (including phenoxy) is 1. The fourth-order valence-electron chi connectivity index (χ4n) is 1.72. The number of amidine groups is 1. The Kier molecular flexibility index (Phi) is 4.88. The van der Waals surface area contributed by atoms with E-state index in [1.807, 2.05) is 6.07 Å². The Morgan fingerprint density at radius 3 is 3.06 bits per heavy atom. The molecule has 1 aromatic carbocycles. The largest absolute Gasteiger partial charge is 0.384 e. The fourth-order valence-corrected chi connectivity index (χ4v) is 2.55. The Hall–Kier alpha value is -1.000. The molecular weight excluding hydrogens is 232 g/mol. The highest BCUT2D eigenvalue weighted by Crippen LogP contribution is 2.20. The summed E-state index contributed by atoms with van der Waals surface area (Å²) in [4.78, 5) is 4.48. The molecule has 0 radical (unpaired) electrons. The van der Waals surface area contributed by atoms with Crippen molar-refractivity contribution in [2.75, 3.05) is 31.3 Å². The van der Waals surface area contributed by atoms with Crippen LogP contribution in [0, 0.1) is 0 Å². The highest BCUT2D eigenvalue weighted by Gasteiger charge is 2.08. The van der Waals surface area contributed by atoms with Gasteiger partial charge in [0, 0.05) is 25.1 Å². The molecule has 0 aromatic heterocycles. The van der Waals surface area contributed by atoms with E-state index >= 15 is 0 Å². The summed E-state index contributed by atoms with van der Waals surface area (Å²) in [6.07, 6.45) is 2.11. The Bertz CT molecular complexity index is 393. The van der Waals surface area contributed by atoms with Crippen LogP contribution in [0.5, 0.6) is 0 Å². The summed E-state index contributed by atoms with van der Waals surface area (Å²) in [6.45, 7) is 1.69. The molecule has 92 valence electrons. The first-order valence-corrected chi connectivity index (χ1v) is 6.90. The van der Waals surface area contributed by atoms with Crippen molar-refractivity contribution in [2.24, 2.45) is 4.99 Å². The minimum atomic E-state index is 0.748. The summed E-state index contributed by atoms with van der Waals surface area (Å²) in [5.41, 5.74) is 2.43. The maximum absolute atomic E-state index is 5.13. The smallest absolute Gasteiger partial charge is 0.161 e. The maximum Gasteiger partial charge on any atom is 0.161 e. The first kappa shape index (κ1) is 12.5. The Morgan fingerprint density at radius 1 is 1.41 bits per heavy atom. The summed E-state index contributed by atoms with van der Waals surface area (Å²) in [7, 11) is 1.73. The average Bonchev–Trinajstić information content (AvgIpc) is 2.39. The quantitative estimate of drug-likeness (QED) is 0.892. The predicted octanol–water partition coefficient (Wildman–Crippen LogP) is 2.78. The van der Waals surface area contributed by atoms with Gasteiger partial charge in [-0.25, -0.2) is 0 Å². The first-order chi connectivity index (χ1) is 8.40. The zero-order valence-corrected chi connectivity index (χ0v) is 10.9. The van der Waals surface area contributed by atoms with Crippen molar-refractivity contribution in [3.63, 3.8) is 0 Å². The molecule has 1 aliphatic heterocycles. The van der Waals surface area contributed by atoms with E-state index in [1.165, 1.54) is 12.0 Å². The van der Waals surface area contributed by atoms with Crippen LogP contribution in [0.4, 0.5) is 5.69 Å². The predicted molar refractivity (Wildman–Crippen MR) is 75.0 cm³/mol. The molecule has 1 N–H and O–H groups in total. The summed E-state index contributed by atoms with van der Waals surface area (Å²) >= 11 is 1.80. The number of anilines is 1. The van der Waals surface area contributed by atoms with Gasteiger partial charge in [-0.05, 0) is 24.5 Å². The van der Waals surface area contributed by atoms with Gasteiger partial charge in [0.15, 0.2) is 5.17 Å². The summed E-state index contributed by atoms with van der Waals surface area (Å²) in [5.74, 6) is 1.16. The number of hydrogen-bond donors (Lipinski definition) is 1. The number of para-hydroxylation sites is 1. The van der Waals surface area contributed by atoms with E-state index in [4.69, 9.17) is 4.74 Å². The molecule has 1 aliphatic rings. The highest BCUT2D eigenvalue weighted by atomic mass is 32.2. The van der Waals surface area contributed by atoms with Gasteiger partial charge >= 0.3 is 0 Å². The summed E-state index contributed by atoms with van der Waals surface area (Å²) < 4.78 is 5.13. The van der Waals surface area contributed by atoms with Crippen LogP contribution >= 0.6 is 11.8 Å². The molecule has 3 nitrogen and oxygen atoms in total. The van der Waals surface area contributed by atoms with Gasteiger partial charge in [-0.15, -0.1) is 0 Å². The van der Waals surface area contributed by atoms with Crippen LogP contribution < -0.4 is 5.32 Å². The normalized spacial score (nSPS) is 15.5. The molecule has 0 aliphatic carbocycles. The molecule has 1 aromatic rings. The van der Waals surface area contributed by atoms with Gasteiger partial charge in [0.05, 0.1) is 6.61 Å². The lowest BCUT2D eigenvalue weighted by Crippen LogP contribution is -2.14. The number of hydrogen-bond acceptors (Lipinski definition) is 4. The van der Waals surface area contributed by atoms with Crippen molar-refractivity contribution in [3.05, 3.63) is 29.8 Å². The van der Waals surface area contributed by atoms with Gasteiger partial charge < -0.3 is 10.1 Å². The lowest BCUT2D eigenvalue weighted by atomic mass is 10.1. The highest BCUT2D eigenvalue weighted by molar-refractivity contribution is 8.14. The molecule has 1 heterocycles. The SMILES string of the molecule is COCCc1ccccc1NC1=NCCCS1. The van der Waals surface area contributed by atoms with Crippen molar-refractivity contribution in [2.45, 2.75) is 12.8 Å². The first-order valence-electron chi connectivity index (χ1n) is 5.91. The van der Waals surface area contributed by atoms with Crippen LogP contribution in [0.3, 0.4) is 0 Å². The molecule has 0 spiro atoms. The van der Waals surface area contributed by atoms with Crippen LogP contribution in [0.25, 0.3) is 0 Å². The van der Waals surface area contributed by atoms with Crippen LogP contribution in [-0.4, -0.2) is 31.2 Å². The molecule has 0 atom stereocenters. The average molecular weight is 250 g/mol. The molecule has 0 saturated heterocycles. The minimum Gasteiger partial charge on any atom is -0.384 e. The van der Waals surface area contributed by atoms with Crippen LogP contribution in [0.15, 0.2) is 29.3 Å². The van der Waals surface area contributed by atoms with Crippen molar-refractivity contribution in [1.82, 2.24) is 0 Å². The van der Waals surface area contributed by atoms with E-state index in [2.05, 4.69) is 28.5 Å². The van der Waals surface area contributed by atoms with Crippen molar-refractivity contribution in [1.29, 1.82) is 0 Å². The van der Waals surface area contributed by atoms with Gasteiger partial charge in [0.25, 0.3) is 0 Å². The zero-order chi connectivity index (χ0) is 11.9. The van der Waals surface area contributed by atoms with Gasteiger partial charge in [-0.2, -0.15) is 0 Å². The Labute approximate surface area is 107 Å². The molecule has 17 heavy (non-hydrogen) atoms. The zero-order valence-electron chi connectivity index (χ0n) is 10.1. The lowest BCUT2D eigenvalue weighted by Gasteiger charge is -2.15. The van der Waals surface area contributed by atoms with Crippen molar-refractivity contribution < 1.29 is 4.74 Å². The number of aliphatic imine (C=N–C) groups is 1. The second-order valence-electron chi connectivity index (χ2n) is 3.91. The van der Waals surface area contributed by atoms with Crippen LogP contribution in [0.2, 0.25) is 0 Å². The summed E-state index contributed by atoms with van der Waals surface area (Å²) in [6, 6.07) is 8.34. The Morgan fingerprint density at radius 2 is 2.29 bits per heavy atom. The third-order valence-corrected chi connectivity index (χ3v) is 3.63. The van der Waals surface area contributed by atoms with Gasteiger partial charge in [0.2, 0.25) is 0 Å². The second-order valence-corrected chi connectivity index (χ2v) is 5.00. The molecular formula is C13H18N2OS. The molecule has 4 heteroatoms. The van der Waals surface area contributed by atoms with Crippen LogP contribution in [-0.2, 0) is 11.2 Å². The van der Waals surface area contributed by atoms with Crippen molar-refractivity contribution >= 4 is 22.6 Å². The van der Waals surface area contributed by atoms with E-state index in [9.17, 15) is 0 Å². The van der Waals surface area contributed by atoms with Gasteiger partial charge in [0.1, 0.15) is 0 Å². The number of nitrogens with zero attached hydrogens (tertiary/aromatic N) is 1. The standard InChI is InChI=1S/C13H18N2OS/c1-16-9-7-11-5-2-3-6-12(11)15-13-14-8-4-10-17-13/h2-3,5-6H,4,7-10H2,1H3,(H,14,15). The van der Waals surface area contributed by atoms with E-state index in [0.717, 1.165) is 36.2 Å². The molecule has 0 amide bonds. The van der Waals surface area contributed by atoms with E-state index < -0.39 is 0 Å². The summed E-state index contributed by atoms with van der Waals surface area (Å²) in [5, 5.41) is 4.46. The van der Waals surface area contributed by atoms with Gasteiger partial charge in [-0.3, -0.25) is 4.99 Å². The fraction of sp³-hybridized carbons (Fsp3) is 0.462. The third kappa shape index (κ3) is 3.75. The number of rotatable bonds is 4. The van der Waals surface area contributed by atoms with Crippen LogP contribution in [0.1, 0.15) is 12.0 Å². The molecule has 2 rings (SSSR count). The van der Waals surface area contributed by atoms with E-state index in [1.54, 1.807) is 18.9 Å². The third-order valence-electron chi connectivity index (χ3n) is 2.63. The van der Waals surface area contributed by atoms with Crippen molar-refractivity contribution in [3.8, 4) is 0 Å².